The Morgan fingerprint density at radius 3 is 2.78 bits per heavy atom. The normalized spacial score (nSPS) is 12.3. The predicted octanol–water partition coefficient (Wildman–Crippen LogP) is 2.83. The molecule has 6 nitrogen and oxygen atoms in total. The molecule has 0 saturated heterocycles. The van der Waals surface area contributed by atoms with Gasteiger partial charge in [-0.05, 0) is 38.3 Å². The van der Waals surface area contributed by atoms with Crippen LogP contribution >= 0.6 is 0 Å². The van der Waals surface area contributed by atoms with Crippen LogP contribution in [0.1, 0.15) is 33.1 Å². The van der Waals surface area contributed by atoms with Crippen molar-refractivity contribution in [2.75, 3.05) is 13.2 Å². The van der Waals surface area contributed by atoms with Crippen LogP contribution in [0.25, 0.3) is 11.0 Å². The second-order valence-electron chi connectivity index (χ2n) is 5.31. The molecule has 1 atom stereocenters. The van der Waals surface area contributed by atoms with Crippen molar-refractivity contribution in [3.63, 3.8) is 0 Å². The van der Waals surface area contributed by atoms with Crippen LogP contribution in [-0.4, -0.2) is 29.5 Å². The van der Waals surface area contributed by atoms with Gasteiger partial charge in [-0.15, -0.1) is 0 Å². The van der Waals surface area contributed by atoms with Gasteiger partial charge in [0.1, 0.15) is 16.7 Å². The Labute approximate surface area is 134 Å². The van der Waals surface area contributed by atoms with Crippen LogP contribution in [0.4, 0.5) is 0 Å². The SMILES string of the molecule is CCC(C)Oc1c(O)c2c(OCCCCO)cccc2oc1=O. The zero-order valence-electron chi connectivity index (χ0n) is 13.4. The van der Waals surface area contributed by atoms with Gasteiger partial charge < -0.3 is 24.1 Å². The minimum Gasteiger partial charge on any atom is -0.503 e. The maximum absolute atomic E-state index is 12.0. The Morgan fingerprint density at radius 1 is 1.30 bits per heavy atom. The number of ether oxygens (including phenoxy) is 2. The standard InChI is InChI=1S/C17H22O6/c1-3-11(2)22-16-15(19)14-12(21-10-5-4-9-18)7-6-8-13(14)23-17(16)20/h6-8,11,18-19H,3-5,9-10H2,1-2H3. The molecule has 1 aromatic heterocycles. The summed E-state index contributed by atoms with van der Waals surface area (Å²) in [6.45, 7) is 4.21. The number of hydrogen-bond acceptors (Lipinski definition) is 6. The largest absolute Gasteiger partial charge is 0.503 e. The fourth-order valence-electron chi connectivity index (χ4n) is 2.09. The van der Waals surface area contributed by atoms with Crippen LogP contribution in [0.15, 0.2) is 27.4 Å². The van der Waals surface area contributed by atoms with Crippen molar-refractivity contribution < 1.29 is 24.1 Å². The molecule has 1 unspecified atom stereocenters. The van der Waals surface area contributed by atoms with Crippen molar-refractivity contribution in [2.45, 2.75) is 39.2 Å². The average Bonchev–Trinajstić information content (AvgIpc) is 2.55. The highest BCUT2D eigenvalue weighted by molar-refractivity contribution is 5.91. The minimum absolute atomic E-state index is 0.103. The number of fused-ring (bicyclic) bond motifs is 1. The zero-order chi connectivity index (χ0) is 16.8. The maximum Gasteiger partial charge on any atom is 0.383 e. The Bertz CT molecular complexity index is 706. The number of rotatable bonds is 8. The van der Waals surface area contributed by atoms with Crippen LogP contribution in [0, 0.1) is 0 Å². The summed E-state index contributed by atoms with van der Waals surface area (Å²) in [6, 6.07) is 4.96. The van der Waals surface area contributed by atoms with E-state index in [-0.39, 0.29) is 29.8 Å². The number of aliphatic hydroxyl groups excluding tert-OH is 1. The summed E-state index contributed by atoms with van der Waals surface area (Å²) in [5, 5.41) is 19.6. The fraction of sp³-hybridized carbons (Fsp3) is 0.471. The molecule has 0 fully saturated rings. The molecule has 0 radical (unpaired) electrons. The molecule has 0 aliphatic heterocycles. The number of benzene rings is 1. The highest BCUT2D eigenvalue weighted by Gasteiger charge is 2.20. The second-order valence-corrected chi connectivity index (χ2v) is 5.31. The van der Waals surface area contributed by atoms with Crippen molar-refractivity contribution in [3.8, 4) is 17.2 Å². The van der Waals surface area contributed by atoms with Crippen molar-refractivity contribution in [1.82, 2.24) is 0 Å². The smallest absolute Gasteiger partial charge is 0.383 e. The van der Waals surface area contributed by atoms with Gasteiger partial charge in [-0.3, -0.25) is 0 Å². The maximum atomic E-state index is 12.0. The lowest BCUT2D eigenvalue weighted by Crippen LogP contribution is -2.16. The third-order valence-electron chi connectivity index (χ3n) is 3.53. The van der Waals surface area contributed by atoms with E-state index in [4.69, 9.17) is 19.0 Å². The quantitative estimate of drug-likeness (QED) is 0.574. The first-order chi connectivity index (χ1) is 11.1. The second kappa shape index (κ2) is 7.87. The topological polar surface area (TPSA) is 89.1 Å². The number of hydrogen-bond donors (Lipinski definition) is 2. The van der Waals surface area contributed by atoms with E-state index in [2.05, 4.69) is 0 Å². The molecule has 2 N–H and O–H groups in total. The van der Waals surface area contributed by atoms with Crippen LogP contribution in [0.3, 0.4) is 0 Å². The van der Waals surface area contributed by atoms with Gasteiger partial charge in [-0.2, -0.15) is 0 Å². The lowest BCUT2D eigenvalue weighted by molar-refractivity contribution is 0.199. The van der Waals surface area contributed by atoms with Crippen LogP contribution in [0.2, 0.25) is 0 Å². The summed E-state index contributed by atoms with van der Waals surface area (Å²) in [4.78, 5) is 12.0. The lowest BCUT2D eigenvalue weighted by atomic mass is 10.2. The number of aliphatic hydroxyl groups is 1. The van der Waals surface area contributed by atoms with Crippen molar-refractivity contribution >= 4 is 11.0 Å². The monoisotopic (exact) mass is 322 g/mol. The zero-order valence-corrected chi connectivity index (χ0v) is 13.4. The van der Waals surface area contributed by atoms with E-state index in [0.717, 1.165) is 0 Å². The molecular formula is C17H22O6. The van der Waals surface area contributed by atoms with E-state index in [1.54, 1.807) is 25.1 Å². The molecule has 1 aromatic carbocycles. The highest BCUT2D eigenvalue weighted by atomic mass is 16.5. The molecule has 0 aliphatic rings. The first-order valence-electron chi connectivity index (χ1n) is 7.77. The minimum atomic E-state index is -0.715. The number of aromatic hydroxyl groups is 1. The molecule has 2 aromatic rings. The summed E-state index contributed by atoms with van der Waals surface area (Å²) in [7, 11) is 0. The van der Waals surface area contributed by atoms with Gasteiger partial charge in [0, 0.05) is 6.61 Å². The predicted molar refractivity (Wildman–Crippen MR) is 86.3 cm³/mol. The van der Waals surface area contributed by atoms with Crippen molar-refractivity contribution in [2.24, 2.45) is 0 Å². The molecule has 0 spiro atoms. The fourth-order valence-corrected chi connectivity index (χ4v) is 2.09. The first kappa shape index (κ1) is 17.1. The molecule has 0 aliphatic carbocycles. The summed E-state index contributed by atoms with van der Waals surface area (Å²) in [6.07, 6.45) is 1.78. The van der Waals surface area contributed by atoms with Gasteiger partial charge in [-0.1, -0.05) is 13.0 Å². The van der Waals surface area contributed by atoms with Gasteiger partial charge in [0.25, 0.3) is 0 Å². The Balaban J connectivity index is 2.41. The summed E-state index contributed by atoms with van der Waals surface area (Å²) < 4.78 is 16.4. The van der Waals surface area contributed by atoms with Crippen LogP contribution in [0.5, 0.6) is 17.2 Å². The lowest BCUT2D eigenvalue weighted by Gasteiger charge is -2.15. The molecule has 0 bridgehead atoms. The third kappa shape index (κ3) is 3.96. The van der Waals surface area contributed by atoms with E-state index in [1.807, 2.05) is 6.92 Å². The molecular weight excluding hydrogens is 300 g/mol. The molecule has 1 heterocycles. The van der Waals surface area contributed by atoms with E-state index in [1.165, 1.54) is 0 Å². The Kier molecular flexibility index (Phi) is 5.87. The van der Waals surface area contributed by atoms with Gasteiger partial charge in [-0.25, -0.2) is 4.79 Å². The third-order valence-corrected chi connectivity index (χ3v) is 3.53. The van der Waals surface area contributed by atoms with Crippen LogP contribution in [-0.2, 0) is 0 Å². The summed E-state index contributed by atoms with van der Waals surface area (Å²) in [5.41, 5.74) is -0.476. The van der Waals surface area contributed by atoms with Crippen molar-refractivity contribution in [3.05, 3.63) is 28.6 Å². The number of unbranched alkanes of at least 4 members (excludes halogenated alkanes) is 1. The summed E-state index contributed by atoms with van der Waals surface area (Å²) >= 11 is 0. The molecule has 2 rings (SSSR count). The van der Waals surface area contributed by atoms with E-state index < -0.39 is 5.63 Å². The Morgan fingerprint density at radius 2 is 2.09 bits per heavy atom. The van der Waals surface area contributed by atoms with Gasteiger partial charge in [0.15, 0.2) is 5.75 Å². The van der Waals surface area contributed by atoms with Crippen LogP contribution < -0.4 is 15.1 Å². The molecule has 23 heavy (non-hydrogen) atoms. The van der Waals surface area contributed by atoms with Gasteiger partial charge in [0.2, 0.25) is 5.75 Å². The first-order valence-corrected chi connectivity index (χ1v) is 7.77. The van der Waals surface area contributed by atoms with Gasteiger partial charge in [0.05, 0.1) is 12.7 Å². The highest BCUT2D eigenvalue weighted by Crippen LogP contribution is 2.38. The molecule has 126 valence electrons. The molecule has 0 amide bonds. The van der Waals surface area contributed by atoms with E-state index in [0.29, 0.717) is 37.0 Å². The molecule has 0 saturated carbocycles. The van der Waals surface area contributed by atoms with Crippen molar-refractivity contribution in [1.29, 1.82) is 0 Å². The Hall–Kier alpha value is -2.21. The molecule has 6 heteroatoms. The average molecular weight is 322 g/mol. The summed E-state index contributed by atoms with van der Waals surface area (Å²) in [5.74, 6) is -0.0525. The van der Waals surface area contributed by atoms with E-state index in [9.17, 15) is 9.90 Å². The van der Waals surface area contributed by atoms with Gasteiger partial charge >= 0.3 is 5.63 Å². The van der Waals surface area contributed by atoms with E-state index >= 15 is 0 Å².